The molecule has 0 amide bonds. The molecule has 2 fully saturated rings. The highest BCUT2D eigenvalue weighted by Gasteiger charge is 2.39. The molecule has 0 heterocycles. The van der Waals surface area contributed by atoms with Gasteiger partial charge in [0.1, 0.15) is 0 Å². The fraction of sp³-hybridized carbons (Fsp3) is 0.833. The molecular weight excluding hydrogens is 214 g/mol. The molecule has 0 aromatic carbocycles. The highest BCUT2D eigenvalue weighted by molar-refractivity contribution is 5.72. The predicted molar refractivity (Wildman–Crippen MR) is 53.9 cm³/mol. The lowest BCUT2D eigenvalue weighted by Crippen LogP contribution is -2.34. The molecule has 4 unspecified atom stereocenters. The largest absolute Gasteiger partial charge is 0.304 e. The number of halogens is 2. The van der Waals surface area contributed by atoms with E-state index in [1.165, 1.54) is 0 Å². The smallest absolute Gasteiger partial charge is 0.261 e. The van der Waals surface area contributed by atoms with Crippen molar-refractivity contribution in [2.75, 3.05) is 0 Å². The number of carbonyl (C=O) groups is 2. The molecule has 0 aromatic rings. The Hall–Kier alpha value is -0.800. The zero-order valence-electron chi connectivity index (χ0n) is 9.12. The van der Waals surface area contributed by atoms with E-state index in [1.54, 1.807) is 0 Å². The Labute approximate surface area is 93.4 Å². The maximum Gasteiger partial charge on any atom is 0.304 e. The van der Waals surface area contributed by atoms with Gasteiger partial charge in [0.15, 0.2) is 0 Å². The van der Waals surface area contributed by atoms with Crippen LogP contribution in [0.4, 0.5) is 8.78 Å². The van der Waals surface area contributed by atoms with Gasteiger partial charge in [-0.2, -0.15) is 8.78 Å². The number of hydrogen-bond donors (Lipinski definition) is 0. The minimum absolute atomic E-state index is 0.314. The molecular formula is C12H16F2O2. The van der Waals surface area contributed by atoms with Crippen molar-refractivity contribution in [2.24, 2.45) is 23.7 Å². The second-order valence-electron chi connectivity index (χ2n) is 5.15. The van der Waals surface area contributed by atoms with E-state index in [0.717, 1.165) is 12.8 Å². The summed E-state index contributed by atoms with van der Waals surface area (Å²) in [4.78, 5) is 21.3. The van der Waals surface area contributed by atoms with Crippen LogP contribution < -0.4 is 0 Å². The molecule has 90 valence electrons. The summed E-state index contributed by atoms with van der Waals surface area (Å²) in [5.41, 5.74) is 0. The van der Waals surface area contributed by atoms with Crippen molar-refractivity contribution in [1.82, 2.24) is 0 Å². The SMILES string of the molecule is O=C(F)C1CCC2CC(C(=O)F)CCC2C1. The lowest BCUT2D eigenvalue weighted by Gasteiger charge is -2.39. The van der Waals surface area contributed by atoms with Crippen molar-refractivity contribution >= 4 is 12.1 Å². The van der Waals surface area contributed by atoms with Gasteiger partial charge in [0, 0.05) is 0 Å². The van der Waals surface area contributed by atoms with Gasteiger partial charge in [-0.15, -0.1) is 0 Å². The first kappa shape index (κ1) is 11.7. The first-order valence-electron chi connectivity index (χ1n) is 5.96. The van der Waals surface area contributed by atoms with Crippen LogP contribution in [0.1, 0.15) is 38.5 Å². The number of hydrogen-bond acceptors (Lipinski definition) is 2. The highest BCUT2D eigenvalue weighted by Crippen LogP contribution is 2.45. The molecule has 0 radical (unpaired) electrons. The molecule has 0 aliphatic heterocycles. The van der Waals surface area contributed by atoms with Crippen molar-refractivity contribution < 1.29 is 18.4 Å². The molecule has 2 aliphatic rings. The summed E-state index contributed by atoms with van der Waals surface area (Å²) >= 11 is 0. The summed E-state index contributed by atoms with van der Waals surface area (Å²) < 4.78 is 25.2. The predicted octanol–water partition coefficient (Wildman–Crippen LogP) is 2.81. The van der Waals surface area contributed by atoms with Gasteiger partial charge >= 0.3 is 12.1 Å². The Morgan fingerprint density at radius 3 is 1.44 bits per heavy atom. The van der Waals surface area contributed by atoms with Crippen LogP contribution in [-0.2, 0) is 9.59 Å². The third kappa shape index (κ3) is 2.30. The molecule has 0 bridgehead atoms. The first-order chi connectivity index (χ1) is 7.58. The fourth-order valence-corrected chi connectivity index (χ4v) is 3.30. The zero-order chi connectivity index (χ0) is 11.7. The van der Waals surface area contributed by atoms with E-state index in [2.05, 4.69) is 0 Å². The Morgan fingerprint density at radius 1 is 0.750 bits per heavy atom. The van der Waals surface area contributed by atoms with Crippen molar-refractivity contribution in [3.05, 3.63) is 0 Å². The minimum Gasteiger partial charge on any atom is -0.261 e. The molecule has 2 saturated carbocycles. The van der Waals surface area contributed by atoms with Gasteiger partial charge in [-0.25, -0.2) is 0 Å². The van der Waals surface area contributed by atoms with Crippen LogP contribution in [0.25, 0.3) is 0 Å². The third-order valence-electron chi connectivity index (χ3n) is 4.25. The average molecular weight is 230 g/mol. The molecule has 16 heavy (non-hydrogen) atoms. The maximum absolute atomic E-state index is 12.6. The third-order valence-corrected chi connectivity index (χ3v) is 4.25. The van der Waals surface area contributed by atoms with Gasteiger partial charge in [-0.3, -0.25) is 9.59 Å². The standard InChI is InChI=1S/C12H16F2O2/c13-11(15)9-3-1-7-5-10(12(14)16)4-2-8(7)6-9/h7-10H,1-6H2. The minimum atomic E-state index is -1.21. The number of fused-ring (bicyclic) bond motifs is 1. The van der Waals surface area contributed by atoms with E-state index in [1.807, 2.05) is 0 Å². The van der Waals surface area contributed by atoms with E-state index < -0.39 is 23.9 Å². The summed E-state index contributed by atoms with van der Waals surface area (Å²) in [5.74, 6) is -0.263. The molecule has 0 N–H and O–H groups in total. The van der Waals surface area contributed by atoms with Gasteiger partial charge in [0.05, 0.1) is 11.8 Å². The topological polar surface area (TPSA) is 34.1 Å². The van der Waals surface area contributed by atoms with Crippen LogP contribution in [0, 0.1) is 23.7 Å². The normalized spacial score (nSPS) is 38.9. The monoisotopic (exact) mass is 230 g/mol. The van der Waals surface area contributed by atoms with Crippen molar-refractivity contribution in [1.29, 1.82) is 0 Å². The fourth-order valence-electron chi connectivity index (χ4n) is 3.30. The molecule has 2 rings (SSSR count). The molecule has 0 spiro atoms. The van der Waals surface area contributed by atoms with Gasteiger partial charge in [0.2, 0.25) is 0 Å². The van der Waals surface area contributed by atoms with Gasteiger partial charge in [-0.05, 0) is 50.4 Å². The average Bonchev–Trinajstić information content (AvgIpc) is 2.27. The molecule has 2 nitrogen and oxygen atoms in total. The van der Waals surface area contributed by atoms with E-state index in [-0.39, 0.29) is 0 Å². The van der Waals surface area contributed by atoms with Crippen LogP contribution in [-0.4, -0.2) is 12.1 Å². The second-order valence-corrected chi connectivity index (χ2v) is 5.15. The summed E-state index contributed by atoms with van der Waals surface area (Å²) in [6.45, 7) is 0. The van der Waals surface area contributed by atoms with E-state index in [4.69, 9.17) is 0 Å². The van der Waals surface area contributed by atoms with Crippen LogP contribution in [0.5, 0.6) is 0 Å². The van der Waals surface area contributed by atoms with Gasteiger partial charge in [0.25, 0.3) is 0 Å². The summed E-state index contributed by atoms with van der Waals surface area (Å²) in [7, 11) is 0. The number of carbonyl (C=O) groups excluding carboxylic acids is 2. The molecule has 0 aromatic heterocycles. The maximum atomic E-state index is 12.6. The van der Waals surface area contributed by atoms with Crippen LogP contribution in [0.3, 0.4) is 0 Å². The summed E-state index contributed by atoms with van der Waals surface area (Å²) in [5, 5.41) is 0. The lowest BCUT2D eigenvalue weighted by molar-refractivity contribution is -0.139. The molecule has 4 heteroatoms. The second kappa shape index (κ2) is 4.60. The molecule has 0 saturated heterocycles. The molecule has 2 aliphatic carbocycles. The van der Waals surface area contributed by atoms with Gasteiger partial charge < -0.3 is 0 Å². The first-order valence-corrected chi connectivity index (χ1v) is 5.96. The van der Waals surface area contributed by atoms with E-state index in [0.29, 0.717) is 37.5 Å². The number of rotatable bonds is 2. The van der Waals surface area contributed by atoms with Crippen molar-refractivity contribution in [3.63, 3.8) is 0 Å². The van der Waals surface area contributed by atoms with Crippen molar-refractivity contribution in [2.45, 2.75) is 38.5 Å². The Kier molecular flexibility index (Phi) is 3.36. The van der Waals surface area contributed by atoms with Crippen molar-refractivity contribution in [3.8, 4) is 0 Å². The summed E-state index contributed by atoms with van der Waals surface area (Å²) in [6, 6.07) is -2.41. The molecule has 4 atom stereocenters. The Morgan fingerprint density at radius 2 is 1.12 bits per heavy atom. The quantitative estimate of drug-likeness (QED) is 0.683. The lowest BCUT2D eigenvalue weighted by atomic mass is 9.65. The van der Waals surface area contributed by atoms with E-state index >= 15 is 0 Å². The van der Waals surface area contributed by atoms with Crippen LogP contribution in [0.2, 0.25) is 0 Å². The highest BCUT2D eigenvalue weighted by atomic mass is 19.1. The van der Waals surface area contributed by atoms with E-state index in [9.17, 15) is 18.4 Å². The Balaban J connectivity index is 1.95. The van der Waals surface area contributed by atoms with Crippen LogP contribution >= 0.6 is 0 Å². The summed E-state index contributed by atoms with van der Waals surface area (Å²) in [6.07, 6.45) is 3.82. The van der Waals surface area contributed by atoms with Gasteiger partial charge in [-0.1, -0.05) is 0 Å². The zero-order valence-corrected chi connectivity index (χ0v) is 9.12. The van der Waals surface area contributed by atoms with Crippen LogP contribution in [0.15, 0.2) is 0 Å². The Bertz CT molecular complexity index is 273.